The van der Waals surface area contributed by atoms with Crippen molar-refractivity contribution < 1.29 is 19.0 Å². The maximum Gasteiger partial charge on any atom is 0.223 e. The van der Waals surface area contributed by atoms with E-state index in [-0.39, 0.29) is 5.91 Å². The Bertz CT molecular complexity index is 1160. The van der Waals surface area contributed by atoms with Gasteiger partial charge in [0.2, 0.25) is 5.91 Å². The van der Waals surface area contributed by atoms with Gasteiger partial charge in [-0.05, 0) is 67.7 Å². The fourth-order valence-electron chi connectivity index (χ4n) is 3.99. The molecule has 0 radical (unpaired) electrons. The van der Waals surface area contributed by atoms with Gasteiger partial charge in [0.15, 0.2) is 23.9 Å². The molecule has 0 atom stereocenters. The highest BCUT2D eigenvalue weighted by Gasteiger charge is 2.06. The summed E-state index contributed by atoms with van der Waals surface area (Å²) in [5.74, 6) is 1.53. The summed E-state index contributed by atoms with van der Waals surface area (Å²) in [5, 5.41) is 14.4. The maximum atomic E-state index is 12.1. The average Bonchev–Trinajstić information content (AvgIpc) is 2.92. The number of nitrogens with one attached hydrogen (secondary N) is 1. The minimum absolute atomic E-state index is 0.0268. The van der Waals surface area contributed by atoms with E-state index in [1.54, 1.807) is 26.5 Å². The van der Waals surface area contributed by atoms with Crippen molar-refractivity contribution in [1.29, 1.82) is 0 Å². The number of pyridine rings is 1. The highest BCUT2D eigenvalue weighted by molar-refractivity contribution is 5.78. The molecule has 0 unspecified atom stereocenters. The van der Waals surface area contributed by atoms with Crippen LogP contribution in [-0.2, 0) is 11.2 Å². The molecule has 7 nitrogen and oxygen atoms in total. The number of amides is 1. The van der Waals surface area contributed by atoms with Gasteiger partial charge < -0.3 is 24.9 Å². The molecule has 2 aromatic carbocycles. The molecule has 1 amide bonds. The Morgan fingerprint density at radius 2 is 1.78 bits per heavy atom. The molecule has 3 rings (SSSR count). The number of ether oxygens (including phenoxy) is 2. The number of hydrogen-bond acceptors (Lipinski definition) is 5. The molecule has 7 heteroatoms. The van der Waals surface area contributed by atoms with Crippen molar-refractivity contribution in [2.45, 2.75) is 25.7 Å². The smallest absolute Gasteiger partial charge is 0.223 e. The van der Waals surface area contributed by atoms with Gasteiger partial charge in [0.25, 0.3) is 0 Å². The first-order valence-electron chi connectivity index (χ1n) is 12.6. The lowest BCUT2D eigenvalue weighted by atomic mass is 10.1. The predicted molar refractivity (Wildman–Crippen MR) is 147 cm³/mol. The van der Waals surface area contributed by atoms with E-state index in [1.165, 1.54) is 11.8 Å². The minimum atomic E-state index is 0.0268. The summed E-state index contributed by atoms with van der Waals surface area (Å²) in [6, 6.07) is 17.6. The molecule has 0 aliphatic heterocycles. The predicted octanol–water partition coefficient (Wildman–Crippen LogP) is 4.48. The molecule has 0 spiro atoms. The first-order chi connectivity index (χ1) is 18.0. The number of methoxy groups -OCH3 is 2. The first-order valence-corrected chi connectivity index (χ1v) is 12.6. The molecule has 1 N–H and O–H groups in total. The number of aromatic nitrogens is 1. The third kappa shape index (κ3) is 9.28. The number of rotatable bonds is 14. The molecule has 0 aliphatic carbocycles. The number of unbranched alkanes of at least 4 members (excludes halogenated alkanes) is 1. The lowest BCUT2D eigenvalue weighted by molar-refractivity contribution is -0.604. The van der Waals surface area contributed by atoms with E-state index in [0.29, 0.717) is 13.0 Å². The first kappa shape index (κ1) is 27.7. The van der Waals surface area contributed by atoms with Crippen LogP contribution in [0.15, 0.2) is 73.1 Å². The molecular weight excluding hydrogens is 466 g/mol. The van der Waals surface area contributed by atoms with Crippen LogP contribution in [0.4, 0.5) is 0 Å². The van der Waals surface area contributed by atoms with E-state index >= 15 is 0 Å². The molecule has 0 bridgehead atoms. The van der Waals surface area contributed by atoms with Crippen molar-refractivity contribution in [3.05, 3.63) is 89.4 Å². The van der Waals surface area contributed by atoms with Gasteiger partial charge in [0.1, 0.15) is 0 Å². The van der Waals surface area contributed by atoms with Gasteiger partial charge >= 0.3 is 0 Å². The van der Waals surface area contributed by atoms with Gasteiger partial charge in [-0.25, -0.2) is 0 Å². The molecule has 0 saturated heterocycles. The third-order valence-corrected chi connectivity index (χ3v) is 6.15. The topological polar surface area (TPSA) is 77.7 Å². The highest BCUT2D eigenvalue weighted by atomic mass is 16.5. The summed E-state index contributed by atoms with van der Waals surface area (Å²) in [6.45, 7) is 2.62. The van der Waals surface area contributed by atoms with E-state index in [2.05, 4.69) is 23.3 Å². The van der Waals surface area contributed by atoms with E-state index in [1.807, 2.05) is 54.6 Å². The van der Waals surface area contributed by atoms with Crippen molar-refractivity contribution in [2.24, 2.45) is 0 Å². The van der Waals surface area contributed by atoms with Gasteiger partial charge in [-0.1, -0.05) is 42.5 Å². The van der Waals surface area contributed by atoms with Crippen LogP contribution in [0.3, 0.4) is 0 Å². The van der Waals surface area contributed by atoms with E-state index < -0.39 is 0 Å². The van der Waals surface area contributed by atoms with Crippen LogP contribution in [0.1, 0.15) is 30.4 Å². The summed E-state index contributed by atoms with van der Waals surface area (Å²) in [7, 11) is 5.42. The van der Waals surface area contributed by atoms with E-state index in [0.717, 1.165) is 65.3 Å². The normalized spacial score (nSPS) is 11.1. The van der Waals surface area contributed by atoms with E-state index in [9.17, 15) is 10.0 Å². The second-order valence-electron chi connectivity index (χ2n) is 8.98. The van der Waals surface area contributed by atoms with Crippen LogP contribution in [0.25, 0.3) is 17.2 Å². The largest absolute Gasteiger partial charge is 0.619 e. The highest BCUT2D eigenvalue weighted by Crippen LogP contribution is 2.27. The number of hydrogen-bond donors (Lipinski definition) is 1. The number of benzene rings is 2. The fourth-order valence-corrected chi connectivity index (χ4v) is 3.99. The second-order valence-corrected chi connectivity index (χ2v) is 8.98. The van der Waals surface area contributed by atoms with E-state index in [4.69, 9.17) is 9.47 Å². The zero-order valence-electron chi connectivity index (χ0n) is 22.0. The Hall–Kier alpha value is -3.84. The van der Waals surface area contributed by atoms with Crippen LogP contribution in [0, 0.1) is 5.21 Å². The van der Waals surface area contributed by atoms with Crippen LogP contribution in [-0.4, -0.2) is 51.7 Å². The number of carbonyl (C=O) groups is 1. The van der Waals surface area contributed by atoms with Crippen molar-refractivity contribution in [3.8, 4) is 22.6 Å². The molecular formula is C30H37N3O4. The molecule has 1 aromatic heterocycles. The summed E-state index contributed by atoms with van der Waals surface area (Å²) >= 11 is 0. The number of carbonyl (C=O) groups excluding carboxylic acids is 1. The molecule has 1 heterocycles. The third-order valence-electron chi connectivity index (χ3n) is 6.15. The quantitative estimate of drug-likeness (QED) is 0.199. The monoisotopic (exact) mass is 503 g/mol. The molecule has 3 aromatic rings. The molecule has 0 aliphatic rings. The molecule has 37 heavy (non-hydrogen) atoms. The molecule has 196 valence electrons. The fraction of sp³-hybridized carbons (Fsp3) is 0.333. The van der Waals surface area contributed by atoms with Crippen molar-refractivity contribution in [1.82, 2.24) is 10.2 Å². The lowest BCUT2D eigenvalue weighted by Crippen LogP contribution is -2.26. The average molecular weight is 504 g/mol. The van der Waals surface area contributed by atoms with Crippen LogP contribution in [0.2, 0.25) is 0 Å². The lowest BCUT2D eigenvalue weighted by Gasteiger charge is -2.17. The molecule has 0 saturated carbocycles. The number of likely N-dealkylation sites (N-methyl/N-ethyl adjacent to an activating group) is 1. The Balaban J connectivity index is 1.28. The second kappa shape index (κ2) is 14.7. The van der Waals surface area contributed by atoms with Gasteiger partial charge in [0, 0.05) is 31.1 Å². The van der Waals surface area contributed by atoms with Gasteiger partial charge in [-0.3, -0.25) is 4.79 Å². The summed E-state index contributed by atoms with van der Waals surface area (Å²) in [4.78, 5) is 14.4. The summed E-state index contributed by atoms with van der Waals surface area (Å²) in [6.07, 6.45) is 10.1. The van der Waals surface area contributed by atoms with Gasteiger partial charge in [-0.15, -0.1) is 0 Å². The Morgan fingerprint density at radius 1 is 1.00 bits per heavy atom. The summed E-state index contributed by atoms with van der Waals surface area (Å²) in [5.41, 5.74) is 4.08. The van der Waals surface area contributed by atoms with Crippen molar-refractivity contribution in [2.75, 3.05) is 40.9 Å². The Labute approximate surface area is 219 Å². The minimum Gasteiger partial charge on any atom is -0.619 e. The van der Waals surface area contributed by atoms with Crippen molar-refractivity contribution >= 4 is 12.0 Å². The van der Waals surface area contributed by atoms with Crippen LogP contribution >= 0.6 is 0 Å². The Morgan fingerprint density at radius 3 is 2.51 bits per heavy atom. The molecule has 0 fully saturated rings. The van der Waals surface area contributed by atoms with Gasteiger partial charge in [0.05, 0.1) is 14.2 Å². The van der Waals surface area contributed by atoms with Crippen LogP contribution in [0.5, 0.6) is 11.5 Å². The Kier molecular flexibility index (Phi) is 11.0. The summed E-state index contributed by atoms with van der Waals surface area (Å²) < 4.78 is 11.5. The zero-order chi connectivity index (χ0) is 26.5. The zero-order valence-corrected chi connectivity index (χ0v) is 22.0. The van der Waals surface area contributed by atoms with Crippen LogP contribution < -0.4 is 19.5 Å². The maximum absolute atomic E-state index is 12.1. The number of nitrogens with zero attached hydrogens (tertiary/aromatic N) is 2. The van der Waals surface area contributed by atoms with Gasteiger partial charge in [-0.2, -0.15) is 4.73 Å². The SMILES string of the molecule is COc1ccc(CCN(C)CCCCNC(=O)C/C=C/c2ccc(-c3ccc[n+]([O-])c3)cc2)cc1OC. The van der Waals surface area contributed by atoms with Crippen molar-refractivity contribution in [3.63, 3.8) is 0 Å². The standard InChI is InChI=1S/C30H37N3O4/c1-32(21-17-25-13-16-28(36-2)29(22-25)37-3)19-5-4-18-31-30(34)10-6-8-24-11-14-26(15-12-24)27-9-7-20-33(35)23-27/h6-9,11-16,20,22-23H,4-5,10,17-19,21H2,1-3H3,(H,31,34)/b8-6+.